The van der Waals surface area contributed by atoms with Gasteiger partial charge in [-0.25, -0.2) is 8.42 Å². The summed E-state index contributed by atoms with van der Waals surface area (Å²) in [5, 5.41) is 0. The van der Waals surface area contributed by atoms with Crippen LogP contribution in [0.25, 0.3) is 0 Å². The zero-order valence-corrected chi connectivity index (χ0v) is 8.73. The first-order valence-corrected chi connectivity index (χ1v) is 6.17. The van der Waals surface area contributed by atoms with E-state index < -0.39 is 10.0 Å². The third kappa shape index (κ3) is 1.27. The first-order valence-electron chi connectivity index (χ1n) is 3.96. The Balaban J connectivity index is 2.60. The number of hydrogen-bond acceptors (Lipinski definition) is 3. The Morgan fingerprint density at radius 3 is 2.69 bits per heavy atom. The van der Waals surface area contributed by atoms with E-state index >= 15 is 0 Å². The number of benzene rings is 1. The van der Waals surface area contributed by atoms with Crippen molar-refractivity contribution < 1.29 is 8.42 Å². The van der Waals surface area contributed by atoms with Gasteiger partial charge in [0.05, 0.1) is 4.90 Å². The summed E-state index contributed by atoms with van der Waals surface area (Å²) >= 11 is 1.29. The molecule has 0 saturated heterocycles. The van der Waals surface area contributed by atoms with Crippen LogP contribution in [0.2, 0.25) is 0 Å². The van der Waals surface area contributed by atoms with Gasteiger partial charge >= 0.3 is 0 Å². The molecule has 0 spiro atoms. The molecule has 0 bridgehead atoms. The van der Waals surface area contributed by atoms with Crippen molar-refractivity contribution in [2.24, 2.45) is 0 Å². The Morgan fingerprint density at radius 1 is 1.38 bits per heavy atom. The van der Waals surface area contributed by atoms with E-state index in [1.54, 1.807) is 12.1 Å². The molecule has 13 heavy (non-hydrogen) atoms. The van der Waals surface area contributed by atoms with Crippen LogP contribution < -0.4 is 0 Å². The van der Waals surface area contributed by atoms with Crippen molar-refractivity contribution in [3.05, 3.63) is 24.3 Å². The number of rotatable bonds is 1. The van der Waals surface area contributed by atoms with Gasteiger partial charge in [-0.1, -0.05) is 19.1 Å². The lowest BCUT2D eigenvalue weighted by Crippen LogP contribution is -2.18. The van der Waals surface area contributed by atoms with Crippen LogP contribution in [0.4, 0.5) is 0 Å². The van der Waals surface area contributed by atoms with E-state index in [9.17, 15) is 8.42 Å². The minimum absolute atomic E-state index is 0.432. The maximum atomic E-state index is 11.7. The number of sulfonamides is 1. The van der Waals surface area contributed by atoms with Crippen molar-refractivity contribution >= 4 is 22.0 Å². The summed E-state index contributed by atoms with van der Waals surface area (Å²) in [7, 11) is -3.20. The van der Waals surface area contributed by atoms with E-state index in [0.717, 1.165) is 4.90 Å². The van der Waals surface area contributed by atoms with E-state index in [1.807, 2.05) is 19.1 Å². The van der Waals surface area contributed by atoms with Crippen molar-refractivity contribution in [2.45, 2.75) is 16.7 Å². The van der Waals surface area contributed by atoms with Gasteiger partial charge in [-0.3, -0.25) is 0 Å². The van der Waals surface area contributed by atoms with Gasteiger partial charge in [0.2, 0.25) is 0 Å². The third-order valence-electron chi connectivity index (χ3n) is 1.85. The van der Waals surface area contributed by atoms with Crippen molar-refractivity contribution in [3.63, 3.8) is 0 Å². The second-order valence-corrected chi connectivity index (χ2v) is 5.79. The highest BCUT2D eigenvalue weighted by atomic mass is 32.3. The van der Waals surface area contributed by atoms with Gasteiger partial charge in [-0.2, -0.15) is 0 Å². The second kappa shape index (κ2) is 3.01. The average molecular weight is 215 g/mol. The Bertz CT molecular complexity index is 428. The standard InChI is InChI=1S/C8H9NO2S2/c1-2-9-12-7-5-3-4-6-8(7)13(9,10)11/h3-6H,2H2,1H3. The van der Waals surface area contributed by atoms with Crippen LogP contribution in [0, 0.1) is 0 Å². The number of hydrogen-bond donors (Lipinski definition) is 0. The largest absolute Gasteiger partial charge is 0.253 e. The van der Waals surface area contributed by atoms with E-state index in [4.69, 9.17) is 0 Å². The SMILES string of the molecule is CCN1Sc2ccccc2S1(=O)=O. The first kappa shape index (κ1) is 9.05. The van der Waals surface area contributed by atoms with Gasteiger partial charge in [-0.15, -0.1) is 3.71 Å². The fraction of sp³-hybridized carbons (Fsp3) is 0.250. The summed E-state index contributed by atoms with van der Waals surface area (Å²) in [6, 6.07) is 7.07. The maximum Gasteiger partial charge on any atom is 0.253 e. The van der Waals surface area contributed by atoms with Gasteiger partial charge in [0.15, 0.2) is 0 Å². The molecular formula is C8H9NO2S2. The summed E-state index contributed by atoms with van der Waals surface area (Å²) in [6.07, 6.45) is 0. The molecular weight excluding hydrogens is 206 g/mol. The molecule has 0 saturated carbocycles. The predicted octanol–water partition coefficient (Wildman–Crippen LogP) is 1.72. The Morgan fingerprint density at radius 2 is 2.08 bits per heavy atom. The normalized spacial score (nSPS) is 20.1. The molecule has 2 rings (SSSR count). The van der Waals surface area contributed by atoms with E-state index in [1.165, 1.54) is 15.7 Å². The first-order chi connectivity index (χ1) is 6.16. The minimum Gasteiger partial charge on any atom is -0.206 e. The summed E-state index contributed by atoms with van der Waals surface area (Å²) in [4.78, 5) is 1.26. The lowest BCUT2D eigenvalue weighted by atomic mass is 10.4. The van der Waals surface area contributed by atoms with Crippen LogP contribution >= 0.6 is 11.9 Å². The molecule has 5 heteroatoms. The van der Waals surface area contributed by atoms with Crippen LogP contribution in [-0.2, 0) is 10.0 Å². The van der Waals surface area contributed by atoms with E-state index in [-0.39, 0.29) is 0 Å². The van der Waals surface area contributed by atoms with Crippen molar-refractivity contribution in [1.82, 2.24) is 3.71 Å². The van der Waals surface area contributed by atoms with Crippen LogP contribution in [0.5, 0.6) is 0 Å². The molecule has 0 aliphatic carbocycles. The number of nitrogens with zero attached hydrogens (tertiary/aromatic N) is 1. The van der Waals surface area contributed by atoms with Crippen LogP contribution in [-0.4, -0.2) is 18.7 Å². The molecule has 0 radical (unpaired) electrons. The van der Waals surface area contributed by atoms with Crippen LogP contribution in [0.1, 0.15) is 6.92 Å². The summed E-state index contributed by atoms with van der Waals surface area (Å²) in [5.74, 6) is 0. The van der Waals surface area contributed by atoms with Gasteiger partial charge < -0.3 is 0 Å². The maximum absolute atomic E-state index is 11.7. The molecule has 0 fully saturated rings. The van der Waals surface area contributed by atoms with Gasteiger partial charge in [-0.05, 0) is 24.1 Å². The molecule has 1 aliphatic heterocycles. The number of fused-ring (bicyclic) bond motifs is 1. The molecule has 1 aromatic rings. The highest BCUT2D eigenvalue weighted by Gasteiger charge is 2.33. The van der Waals surface area contributed by atoms with Gasteiger partial charge in [0, 0.05) is 11.4 Å². The van der Waals surface area contributed by atoms with Gasteiger partial charge in [0.1, 0.15) is 0 Å². The van der Waals surface area contributed by atoms with E-state index in [0.29, 0.717) is 11.4 Å². The average Bonchev–Trinajstić information content (AvgIpc) is 2.39. The second-order valence-electron chi connectivity index (χ2n) is 2.66. The Kier molecular flexibility index (Phi) is 2.09. The molecule has 1 aromatic carbocycles. The molecule has 0 N–H and O–H groups in total. The van der Waals surface area contributed by atoms with Crippen LogP contribution in [0.3, 0.4) is 0 Å². The lowest BCUT2D eigenvalue weighted by molar-refractivity contribution is 0.554. The zero-order valence-electron chi connectivity index (χ0n) is 7.10. The Hall–Kier alpha value is -0.520. The quantitative estimate of drug-likeness (QED) is 0.669. The summed E-state index contributed by atoms with van der Waals surface area (Å²) in [5.41, 5.74) is 0. The topological polar surface area (TPSA) is 37.4 Å². The van der Waals surface area contributed by atoms with E-state index in [2.05, 4.69) is 0 Å². The van der Waals surface area contributed by atoms with Crippen molar-refractivity contribution in [2.75, 3.05) is 6.54 Å². The monoisotopic (exact) mass is 215 g/mol. The fourth-order valence-corrected chi connectivity index (χ4v) is 4.32. The molecule has 1 aliphatic rings. The highest BCUT2D eigenvalue weighted by Crippen LogP contribution is 2.40. The zero-order chi connectivity index (χ0) is 9.47. The predicted molar refractivity (Wildman–Crippen MR) is 51.9 cm³/mol. The van der Waals surface area contributed by atoms with Crippen LogP contribution in [0.15, 0.2) is 34.1 Å². The fourth-order valence-electron chi connectivity index (χ4n) is 1.24. The lowest BCUT2D eigenvalue weighted by Gasteiger charge is -2.07. The molecule has 0 atom stereocenters. The summed E-state index contributed by atoms with van der Waals surface area (Å²) in [6.45, 7) is 2.33. The Labute approximate surface area is 81.9 Å². The molecule has 0 amide bonds. The molecule has 1 heterocycles. The molecule has 3 nitrogen and oxygen atoms in total. The van der Waals surface area contributed by atoms with Gasteiger partial charge in [0.25, 0.3) is 10.0 Å². The molecule has 0 aromatic heterocycles. The molecule has 70 valence electrons. The third-order valence-corrected chi connectivity index (χ3v) is 5.52. The van der Waals surface area contributed by atoms with Crippen molar-refractivity contribution in [3.8, 4) is 0 Å². The highest BCUT2D eigenvalue weighted by molar-refractivity contribution is 8.11. The minimum atomic E-state index is -3.20. The smallest absolute Gasteiger partial charge is 0.206 e. The molecule has 0 unspecified atom stereocenters. The summed E-state index contributed by atoms with van der Waals surface area (Å²) < 4.78 is 24.8. The van der Waals surface area contributed by atoms with Crippen molar-refractivity contribution in [1.29, 1.82) is 0 Å².